The average molecular weight is 1670 g/mol. The first-order chi connectivity index (χ1) is 57.4. The smallest absolute Gasteiger partial charge is 0.313 e. The Morgan fingerprint density at radius 3 is 0.844 bits per heavy atom. The Hall–Kier alpha value is -13.5. The molecule has 4 aromatic carbocycles. The van der Waals surface area contributed by atoms with Crippen LogP contribution in [0.15, 0.2) is 171 Å². The predicted molar refractivity (Wildman–Crippen MR) is 474 cm³/mol. The maximum Gasteiger partial charge on any atom is 0.313 e. The van der Waals surface area contributed by atoms with Crippen LogP contribution in [0.3, 0.4) is 0 Å². The number of aromatic nitrogens is 4. The van der Waals surface area contributed by atoms with E-state index in [-0.39, 0.29) is 70.6 Å². The summed E-state index contributed by atoms with van der Waals surface area (Å²) in [4.78, 5) is 172. The minimum absolute atomic E-state index is 0. The zero-order chi connectivity index (χ0) is 88.5. The first-order valence-corrected chi connectivity index (χ1v) is 39.9. The van der Waals surface area contributed by atoms with Gasteiger partial charge in [0.15, 0.2) is 0 Å². The van der Waals surface area contributed by atoms with Gasteiger partial charge in [-0.25, -0.2) is 0 Å². The molecule has 4 saturated heterocycles. The van der Waals surface area contributed by atoms with Gasteiger partial charge >= 0.3 is 35.4 Å². The summed E-state index contributed by atoms with van der Waals surface area (Å²) in [6.45, 7) is 12.3. The van der Waals surface area contributed by atoms with Gasteiger partial charge in [-0.15, -0.1) is 0 Å². The van der Waals surface area contributed by atoms with Gasteiger partial charge in [-0.1, -0.05) is 83.7 Å². The molecule has 8 heterocycles. The van der Waals surface area contributed by atoms with Crippen LogP contribution in [0.1, 0.15) is 181 Å². The maximum atomic E-state index is 13.1. The van der Waals surface area contributed by atoms with Gasteiger partial charge in [-0.2, -0.15) is 0 Å². The molecule has 0 aliphatic carbocycles. The molecule has 4 aliphatic heterocycles. The van der Waals surface area contributed by atoms with E-state index in [2.05, 4.69) is 136 Å². The average Bonchev–Trinajstić information content (AvgIpc) is 0.807. The molecule has 8 atom stereocenters. The van der Waals surface area contributed by atoms with Crippen LogP contribution in [0.5, 0.6) is 0 Å². The van der Waals surface area contributed by atoms with Gasteiger partial charge in [-0.3, -0.25) is 77.5 Å². The topological polar surface area (TPSA) is 443 Å². The van der Waals surface area contributed by atoms with Gasteiger partial charge in [0.1, 0.15) is 0 Å². The third-order valence-corrected chi connectivity index (χ3v) is 21.0. The van der Waals surface area contributed by atoms with Crippen molar-refractivity contribution >= 4 is 116 Å². The number of amides is 11. The normalized spacial score (nSPS) is 18.2. The highest BCUT2D eigenvalue weighted by molar-refractivity contribution is 6.41. The third kappa shape index (κ3) is 27.5. The van der Waals surface area contributed by atoms with Gasteiger partial charge in [-0.05, 0) is 177 Å². The number of piperidine rings is 4. The highest BCUT2D eigenvalue weighted by atomic mass is 16.2. The fourth-order valence-corrected chi connectivity index (χ4v) is 14.2. The van der Waals surface area contributed by atoms with E-state index < -0.39 is 70.8 Å². The number of nitrogens with zero attached hydrogens (tertiary/aromatic N) is 11. The van der Waals surface area contributed by atoms with Crippen molar-refractivity contribution in [1.29, 1.82) is 0 Å². The van der Waals surface area contributed by atoms with Crippen molar-refractivity contribution in [3.8, 4) is 0 Å². The molecule has 0 saturated carbocycles. The number of benzene rings is 4. The number of carbonyl (C=O) groups is 12. The highest BCUT2D eigenvalue weighted by Crippen LogP contribution is 2.39. The quantitative estimate of drug-likeness (QED) is 0.0383. The Bertz CT molecular complexity index is 4660. The molecule has 648 valence electrons. The lowest BCUT2D eigenvalue weighted by Gasteiger charge is -2.38. The first kappa shape index (κ1) is 95.6. The molecule has 122 heavy (non-hydrogen) atoms. The summed E-state index contributed by atoms with van der Waals surface area (Å²) in [7, 11) is 16.0. The molecule has 0 unspecified atom stereocenters. The van der Waals surface area contributed by atoms with Crippen molar-refractivity contribution in [2.75, 3.05) is 123 Å². The van der Waals surface area contributed by atoms with Gasteiger partial charge in [0.05, 0.1) is 87.9 Å². The number of nitrogens with two attached hydrogens (primary N) is 4. The van der Waals surface area contributed by atoms with Crippen molar-refractivity contribution in [2.24, 2.45) is 46.6 Å². The van der Waals surface area contributed by atoms with Gasteiger partial charge in [0.2, 0.25) is 29.4 Å². The van der Waals surface area contributed by atoms with E-state index in [4.69, 9.17) is 22.9 Å². The second kappa shape index (κ2) is 45.0. The number of primary amides is 4. The molecule has 4 aliphatic rings. The van der Waals surface area contributed by atoms with E-state index >= 15 is 0 Å². The SMILES string of the molecule is C.CC(=O)C(=O)Nc1cncc(C(N)=O)c1.C[C@@H]1CC[C@@H](c2cccc(N(C)C)c2)N(C(=O)C(=O)Nc2cncc(C(N)=O)c2)C1.C[C@H]1CC[C@H](c2cccc(N(C)C)c2)N(C(=O)C(=O)Nc2cncc(C(N)=O)c2)C1.C[C@H]1CC[C@H](c2cccc(N(C)C)c2)N(C(=O)C(=O)Nc2cncc(C(N)=O)c2)C1.C[C@H]1CC[C@H](c2cccc(N(C)C)c2)NC1. The summed E-state index contributed by atoms with van der Waals surface area (Å²) < 4.78 is 0. The molecule has 8 aromatic rings. The molecule has 4 aromatic heterocycles. The third-order valence-electron chi connectivity index (χ3n) is 21.0. The predicted octanol–water partition coefficient (Wildman–Crippen LogP) is 9.71. The van der Waals surface area contributed by atoms with E-state index in [1.54, 1.807) is 14.7 Å². The second-order valence-electron chi connectivity index (χ2n) is 31.7. The molecule has 0 radical (unpaired) electrons. The second-order valence-corrected chi connectivity index (χ2v) is 31.7. The molecular weight excluding hydrogens is 1550 g/mol. The van der Waals surface area contributed by atoms with E-state index in [9.17, 15) is 57.5 Å². The zero-order valence-corrected chi connectivity index (χ0v) is 70.9. The molecule has 32 nitrogen and oxygen atoms in total. The van der Waals surface area contributed by atoms with Crippen LogP contribution in [0.2, 0.25) is 0 Å². The minimum Gasteiger partial charge on any atom is -0.378 e. The van der Waals surface area contributed by atoms with Crippen LogP contribution >= 0.6 is 0 Å². The number of nitrogens with one attached hydrogen (secondary N) is 5. The summed E-state index contributed by atoms with van der Waals surface area (Å²) in [5.41, 5.74) is 31.3. The number of pyridine rings is 4. The lowest BCUT2D eigenvalue weighted by atomic mass is 9.89. The summed E-state index contributed by atoms with van der Waals surface area (Å²) in [5.74, 6) is -6.39. The monoisotopic (exact) mass is 1670 g/mol. The van der Waals surface area contributed by atoms with Crippen molar-refractivity contribution in [1.82, 2.24) is 40.0 Å². The number of likely N-dealkylation sites (tertiary alicyclic amines) is 3. The molecule has 11 amide bonds. The Kier molecular flexibility index (Phi) is 35.3. The lowest BCUT2D eigenvalue weighted by Crippen LogP contribution is -2.46. The fraction of sp³-hybridized carbons (Fsp3) is 0.378. The van der Waals surface area contributed by atoms with Crippen LogP contribution in [0.25, 0.3) is 0 Å². The molecular formula is C90H116N20O12. The van der Waals surface area contributed by atoms with E-state index in [1.807, 2.05) is 112 Å². The molecule has 0 spiro atoms. The summed E-state index contributed by atoms with van der Waals surface area (Å²) in [6, 6.07) is 38.5. The van der Waals surface area contributed by atoms with Crippen LogP contribution in [-0.4, -0.2) is 188 Å². The lowest BCUT2D eigenvalue weighted by molar-refractivity contribution is -0.146. The van der Waals surface area contributed by atoms with E-state index in [1.165, 1.54) is 97.9 Å². The molecule has 12 rings (SSSR count). The van der Waals surface area contributed by atoms with Crippen molar-refractivity contribution in [3.05, 3.63) is 215 Å². The number of anilines is 8. The number of ketones is 1. The molecule has 32 heteroatoms. The fourth-order valence-electron chi connectivity index (χ4n) is 14.2. The standard InChI is InChI=1S/3C22H27N5O3.C14H22N2.C9H9N3O3.CH4/c3*1-14-7-8-19(15-5-4-6-18(10-15)26(2)3)27(13-14)22(30)21(29)25-17-9-16(20(23)28)11-24-12-17;1-11-7-8-14(15-10-11)12-5-4-6-13(9-12)16(2)3;1-5(13)9(15)12-7-2-6(8(10)14)3-11-4-7;/h3*4-6,9-12,14,19H,7-8,13H2,1-3H3,(H2,23,28)(H,25,29);4-6,9,11,14-15H,7-8,10H2,1-3H3;2-4H,1H3,(H2,10,14)(H,12,15);1H4/t3*14-,19+;11-,14+;;/m1000../s1. The van der Waals surface area contributed by atoms with Gasteiger partial charge < -0.3 is 83.8 Å². The highest BCUT2D eigenvalue weighted by Gasteiger charge is 2.38. The Morgan fingerprint density at radius 1 is 0.344 bits per heavy atom. The van der Waals surface area contributed by atoms with Gasteiger partial charge in [0, 0.05) is 137 Å². The number of rotatable bonds is 17. The van der Waals surface area contributed by atoms with Crippen molar-refractivity contribution in [3.63, 3.8) is 0 Å². The first-order valence-electron chi connectivity index (χ1n) is 39.9. The van der Waals surface area contributed by atoms with Crippen molar-refractivity contribution in [2.45, 2.75) is 118 Å². The number of Topliss-reactive ketones (excluding diaryl/α,β-unsaturated/α-hetero) is 1. The van der Waals surface area contributed by atoms with Gasteiger partial charge in [0.25, 0.3) is 5.91 Å². The van der Waals surface area contributed by atoms with Crippen LogP contribution < -0.4 is 69.1 Å². The largest absolute Gasteiger partial charge is 0.378 e. The van der Waals surface area contributed by atoms with Crippen LogP contribution in [-0.2, 0) is 38.4 Å². The number of hydrogen-bond acceptors (Lipinski definition) is 21. The summed E-state index contributed by atoms with van der Waals surface area (Å²) >= 11 is 0. The Morgan fingerprint density at radius 2 is 0.598 bits per heavy atom. The molecule has 13 N–H and O–H groups in total. The summed E-state index contributed by atoms with van der Waals surface area (Å²) in [6.07, 6.45) is 18.5. The minimum atomic E-state index is -0.765. The van der Waals surface area contributed by atoms with Crippen LogP contribution in [0.4, 0.5) is 45.5 Å². The Labute approximate surface area is 713 Å². The maximum absolute atomic E-state index is 13.1. The Balaban J connectivity index is 0.000000215. The van der Waals surface area contributed by atoms with Crippen LogP contribution in [0, 0.1) is 23.7 Å². The molecule has 0 bridgehead atoms. The summed E-state index contributed by atoms with van der Waals surface area (Å²) in [5, 5.41) is 13.5. The van der Waals surface area contributed by atoms with Crippen molar-refractivity contribution < 1.29 is 57.5 Å². The van der Waals surface area contributed by atoms with E-state index in [0.29, 0.717) is 43.4 Å². The number of hydrogen-bond donors (Lipinski definition) is 9. The number of carbonyl (C=O) groups excluding carboxylic acids is 12. The molecule has 4 fully saturated rings. The zero-order valence-electron chi connectivity index (χ0n) is 70.9. The van der Waals surface area contributed by atoms with E-state index in [0.717, 1.165) is 91.7 Å².